The number of aromatic nitrogens is 3. The van der Waals surface area contributed by atoms with Crippen LogP contribution >= 0.6 is 11.8 Å². The Morgan fingerprint density at radius 1 is 0.970 bits per heavy atom. The number of nitrogens with zero attached hydrogens (tertiary/aromatic N) is 4. The molecule has 0 saturated heterocycles. The molecule has 3 aromatic carbocycles. The number of anilines is 2. The second-order valence-corrected chi connectivity index (χ2v) is 8.43. The van der Waals surface area contributed by atoms with Gasteiger partial charge in [0.2, 0.25) is 5.91 Å². The third-order valence-electron chi connectivity index (χ3n) is 5.00. The Morgan fingerprint density at radius 3 is 2.30 bits per heavy atom. The molecule has 1 N–H and O–H groups in total. The fourth-order valence-corrected chi connectivity index (χ4v) is 4.02. The van der Waals surface area contributed by atoms with Crippen molar-refractivity contribution in [3.05, 3.63) is 78.9 Å². The van der Waals surface area contributed by atoms with Crippen LogP contribution in [-0.2, 0) is 4.79 Å². The van der Waals surface area contributed by atoms with Gasteiger partial charge in [-0.3, -0.25) is 9.36 Å². The molecule has 1 amide bonds. The van der Waals surface area contributed by atoms with Gasteiger partial charge in [-0.15, -0.1) is 10.2 Å². The fourth-order valence-electron chi connectivity index (χ4n) is 3.27. The third-order valence-corrected chi connectivity index (χ3v) is 5.92. The molecular formula is C25H25N5O2S. The number of para-hydroxylation sites is 1. The highest BCUT2D eigenvalue weighted by atomic mass is 32.2. The molecule has 0 fully saturated rings. The summed E-state index contributed by atoms with van der Waals surface area (Å²) in [4.78, 5) is 14.6. The average molecular weight is 460 g/mol. The molecule has 168 valence electrons. The molecular weight excluding hydrogens is 434 g/mol. The van der Waals surface area contributed by atoms with Crippen molar-refractivity contribution in [1.82, 2.24) is 14.8 Å². The summed E-state index contributed by atoms with van der Waals surface area (Å²) in [5, 5.41) is 12.4. The van der Waals surface area contributed by atoms with Crippen LogP contribution in [0.15, 0.2) is 84.0 Å². The van der Waals surface area contributed by atoms with Gasteiger partial charge in [-0.05, 0) is 60.7 Å². The van der Waals surface area contributed by atoms with Crippen molar-refractivity contribution in [2.75, 3.05) is 37.2 Å². The quantitative estimate of drug-likeness (QED) is 0.384. The maximum absolute atomic E-state index is 12.6. The van der Waals surface area contributed by atoms with Crippen LogP contribution in [0.5, 0.6) is 5.75 Å². The maximum Gasteiger partial charge on any atom is 0.234 e. The van der Waals surface area contributed by atoms with Gasteiger partial charge in [0, 0.05) is 36.7 Å². The van der Waals surface area contributed by atoms with E-state index in [1.807, 2.05) is 102 Å². The molecule has 0 saturated carbocycles. The lowest BCUT2D eigenvalue weighted by atomic mass is 10.2. The number of hydrogen-bond donors (Lipinski definition) is 1. The third kappa shape index (κ3) is 5.35. The zero-order valence-electron chi connectivity index (χ0n) is 18.7. The number of hydrogen-bond acceptors (Lipinski definition) is 6. The van der Waals surface area contributed by atoms with Gasteiger partial charge in [0.1, 0.15) is 5.75 Å². The number of rotatable bonds is 8. The molecule has 0 aliphatic heterocycles. The largest absolute Gasteiger partial charge is 0.497 e. The zero-order chi connectivity index (χ0) is 23.2. The van der Waals surface area contributed by atoms with Gasteiger partial charge in [0.15, 0.2) is 11.0 Å². The molecule has 0 aliphatic rings. The average Bonchev–Trinajstić information content (AvgIpc) is 3.27. The standard InChI is InChI=1S/C25H25N5O2S/c1-29(2)20-13-11-19(12-14-20)26-23(31)17-33-25-28-27-24(18-9-15-22(32-3)16-10-18)30(25)21-7-5-4-6-8-21/h4-16H,17H2,1-3H3,(H,26,31). The smallest absolute Gasteiger partial charge is 0.234 e. The molecule has 0 unspecified atom stereocenters. The summed E-state index contributed by atoms with van der Waals surface area (Å²) in [5.41, 5.74) is 3.67. The Hall–Kier alpha value is -3.78. The number of carbonyl (C=O) groups is 1. The minimum absolute atomic E-state index is 0.105. The van der Waals surface area contributed by atoms with E-state index in [0.717, 1.165) is 28.4 Å². The Balaban J connectivity index is 1.53. The maximum atomic E-state index is 12.6. The molecule has 0 spiro atoms. The van der Waals surface area contributed by atoms with Crippen molar-refractivity contribution < 1.29 is 9.53 Å². The number of methoxy groups -OCH3 is 1. The van der Waals surface area contributed by atoms with E-state index in [0.29, 0.717) is 11.0 Å². The van der Waals surface area contributed by atoms with Crippen LogP contribution in [0.2, 0.25) is 0 Å². The molecule has 4 rings (SSSR count). The van der Waals surface area contributed by atoms with Crippen LogP contribution in [-0.4, -0.2) is 47.6 Å². The lowest BCUT2D eigenvalue weighted by molar-refractivity contribution is -0.113. The summed E-state index contributed by atoms with van der Waals surface area (Å²) in [7, 11) is 5.60. The minimum atomic E-state index is -0.105. The Morgan fingerprint density at radius 2 is 1.67 bits per heavy atom. The Labute approximate surface area is 197 Å². The summed E-state index contributed by atoms with van der Waals surface area (Å²) < 4.78 is 7.23. The lowest BCUT2D eigenvalue weighted by Crippen LogP contribution is -2.15. The Bertz CT molecular complexity index is 1210. The number of nitrogens with one attached hydrogen (secondary N) is 1. The van der Waals surface area contributed by atoms with Gasteiger partial charge in [0.25, 0.3) is 0 Å². The topological polar surface area (TPSA) is 72.3 Å². The van der Waals surface area contributed by atoms with Gasteiger partial charge in [-0.2, -0.15) is 0 Å². The number of carbonyl (C=O) groups excluding carboxylic acids is 1. The fraction of sp³-hybridized carbons (Fsp3) is 0.160. The van der Waals surface area contributed by atoms with Crippen molar-refractivity contribution in [2.45, 2.75) is 5.16 Å². The van der Waals surface area contributed by atoms with Crippen molar-refractivity contribution >= 4 is 29.0 Å². The van der Waals surface area contributed by atoms with Crippen LogP contribution in [0.3, 0.4) is 0 Å². The van der Waals surface area contributed by atoms with E-state index in [1.165, 1.54) is 11.8 Å². The van der Waals surface area contributed by atoms with Crippen molar-refractivity contribution in [1.29, 1.82) is 0 Å². The molecule has 1 heterocycles. The number of amides is 1. The van der Waals surface area contributed by atoms with Crippen LogP contribution in [0.25, 0.3) is 17.1 Å². The van der Waals surface area contributed by atoms with Gasteiger partial charge in [-0.1, -0.05) is 30.0 Å². The first-order chi connectivity index (χ1) is 16.0. The van der Waals surface area contributed by atoms with Gasteiger partial charge >= 0.3 is 0 Å². The second kappa shape index (κ2) is 10.2. The summed E-state index contributed by atoms with van der Waals surface area (Å²) >= 11 is 1.34. The number of thioether (sulfide) groups is 1. The predicted molar refractivity (Wildman–Crippen MR) is 133 cm³/mol. The molecule has 0 atom stereocenters. The normalized spacial score (nSPS) is 10.6. The number of benzene rings is 3. The highest BCUT2D eigenvalue weighted by Gasteiger charge is 2.17. The lowest BCUT2D eigenvalue weighted by Gasteiger charge is -2.13. The molecule has 0 radical (unpaired) electrons. The van der Waals surface area contributed by atoms with Gasteiger partial charge < -0.3 is 15.0 Å². The summed E-state index contributed by atoms with van der Waals surface area (Å²) in [5.74, 6) is 1.58. The van der Waals surface area contributed by atoms with Gasteiger partial charge in [0.05, 0.1) is 12.9 Å². The first-order valence-electron chi connectivity index (χ1n) is 10.4. The van der Waals surface area contributed by atoms with Gasteiger partial charge in [-0.25, -0.2) is 0 Å². The highest BCUT2D eigenvalue weighted by Crippen LogP contribution is 2.29. The van der Waals surface area contributed by atoms with E-state index < -0.39 is 0 Å². The molecule has 8 heteroatoms. The van der Waals surface area contributed by atoms with Crippen LogP contribution in [0.4, 0.5) is 11.4 Å². The zero-order valence-corrected chi connectivity index (χ0v) is 19.5. The van der Waals surface area contributed by atoms with E-state index >= 15 is 0 Å². The van der Waals surface area contributed by atoms with Crippen LogP contribution < -0.4 is 15.0 Å². The van der Waals surface area contributed by atoms with Crippen molar-refractivity contribution in [3.8, 4) is 22.8 Å². The Kier molecular flexibility index (Phi) is 6.95. The van der Waals surface area contributed by atoms with Crippen LogP contribution in [0.1, 0.15) is 0 Å². The minimum Gasteiger partial charge on any atom is -0.497 e. The molecule has 0 aliphatic carbocycles. The number of ether oxygens (including phenoxy) is 1. The summed E-state index contributed by atoms with van der Waals surface area (Å²) in [6.07, 6.45) is 0. The van der Waals surface area contributed by atoms with Crippen molar-refractivity contribution in [3.63, 3.8) is 0 Å². The SMILES string of the molecule is COc1ccc(-c2nnc(SCC(=O)Nc3ccc(N(C)C)cc3)n2-c2ccccc2)cc1. The van der Waals surface area contributed by atoms with E-state index in [-0.39, 0.29) is 11.7 Å². The second-order valence-electron chi connectivity index (χ2n) is 7.48. The van der Waals surface area contributed by atoms with Crippen molar-refractivity contribution in [2.24, 2.45) is 0 Å². The summed E-state index contributed by atoms with van der Waals surface area (Å²) in [6.45, 7) is 0. The molecule has 7 nitrogen and oxygen atoms in total. The first kappa shape index (κ1) is 22.4. The van der Waals surface area contributed by atoms with Crippen LogP contribution in [0, 0.1) is 0 Å². The first-order valence-corrected chi connectivity index (χ1v) is 11.4. The van der Waals surface area contributed by atoms with E-state index in [9.17, 15) is 4.79 Å². The summed E-state index contributed by atoms with van der Waals surface area (Å²) in [6, 6.07) is 25.3. The monoisotopic (exact) mass is 459 g/mol. The predicted octanol–water partition coefficient (Wildman–Crippen LogP) is 4.74. The molecule has 1 aromatic heterocycles. The molecule has 4 aromatic rings. The van der Waals surface area contributed by atoms with E-state index in [1.54, 1.807) is 7.11 Å². The highest BCUT2D eigenvalue weighted by molar-refractivity contribution is 7.99. The molecule has 33 heavy (non-hydrogen) atoms. The van der Waals surface area contributed by atoms with E-state index in [4.69, 9.17) is 4.74 Å². The van der Waals surface area contributed by atoms with E-state index in [2.05, 4.69) is 15.5 Å². The molecule has 0 bridgehead atoms.